The van der Waals surface area contributed by atoms with Crippen molar-refractivity contribution in [2.45, 2.75) is 13.0 Å². The van der Waals surface area contributed by atoms with Gasteiger partial charge in [0, 0.05) is 11.1 Å². The zero-order valence-corrected chi connectivity index (χ0v) is 11.2. The molecule has 0 aromatic heterocycles. The van der Waals surface area contributed by atoms with Crippen LogP contribution >= 0.6 is 0 Å². The lowest BCUT2D eigenvalue weighted by Crippen LogP contribution is -2.04. The fraction of sp³-hybridized carbons (Fsp3) is 0.125. The van der Waals surface area contributed by atoms with E-state index in [1.165, 1.54) is 12.1 Å². The second-order valence-electron chi connectivity index (χ2n) is 5.07. The summed E-state index contributed by atoms with van der Waals surface area (Å²) in [6.07, 6.45) is 1.87. The third-order valence-corrected chi connectivity index (χ3v) is 3.74. The first-order valence-corrected chi connectivity index (χ1v) is 6.61. The Balaban J connectivity index is 2.01. The smallest absolute Gasteiger partial charge is 0.276 e. The normalized spacial score (nSPS) is 17.8. The van der Waals surface area contributed by atoms with Crippen LogP contribution in [-0.4, -0.2) is 11.0 Å². The van der Waals surface area contributed by atoms with Gasteiger partial charge >= 0.3 is 0 Å². The van der Waals surface area contributed by atoms with Crippen LogP contribution in [-0.2, 0) is 0 Å². The van der Waals surface area contributed by atoms with Gasteiger partial charge in [-0.3, -0.25) is 10.1 Å². The third-order valence-electron chi connectivity index (χ3n) is 3.74. The van der Waals surface area contributed by atoms with Gasteiger partial charge in [-0.2, -0.15) is 0 Å². The number of nitro benzene ring substituents is 1. The average Bonchev–Trinajstić information content (AvgIpc) is 2.67. The monoisotopic (exact) mass is 281 g/mol. The Morgan fingerprint density at radius 2 is 1.90 bits per heavy atom. The highest BCUT2D eigenvalue weighted by Crippen LogP contribution is 2.50. The van der Waals surface area contributed by atoms with Crippen molar-refractivity contribution in [1.82, 2.24) is 0 Å². The maximum Gasteiger partial charge on any atom is 0.276 e. The van der Waals surface area contributed by atoms with Crippen molar-refractivity contribution in [3.8, 4) is 17.2 Å². The Labute approximate surface area is 120 Å². The van der Waals surface area contributed by atoms with Crippen LogP contribution in [0.3, 0.4) is 0 Å². The highest BCUT2D eigenvalue weighted by atomic mass is 16.6. The fourth-order valence-electron chi connectivity index (χ4n) is 2.76. The van der Waals surface area contributed by atoms with Gasteiger partial charge in [-0.25, -0.2) is 0 Å². The maximum atomic E-state index is 11.1. The second kappa shape index (κ2) is 4.09. The van der Waals surface area contributed by atoms with Crippen molar-refractivity contribution in [2.24, 2.45) is 0 Å². The molecule has 2 aromatic carbocycles. The van der Waals surface area contributed by atoms with E-state index < -0.39 is 4.92 Å². The van der Waals surface area contributed by atoms with Crippen LogP contribution in [0.5, 0.6) is 17.2 Å². The SMILES string of the molecule is C[C@@H]1Oc2cc([N+](=O)[O-])cc3c2C1=Cc1ccccc1O3. The maximum absolute atomic E-state index is 11.1. The minimum absolute atomic E-state index is 0.0309. The van der Waals surface area contributed by atoms with Gasteiger partial charge in [0.15, 0.2) is 0 Å². The second-order valence-corrected chi connectivity index (χ2v) is 5.07. The van der Waals surface area contributed by atoms with Crippen LogP contribution in [0.4, 0.5) is 5.69 Å². The number of fused-ring (bicyclic) bond motifs is 1. The molecule has 0 saturated heterocycles. The van der Waals surface area contributed by atoms with E-state index in [1.54, 1.807) is 0 Å². The predicted molar refractivity (Wildman–Crippen MR) is 77.6 cm³/mol. The van der Waals surface area contributed by atoms with Gasteiger partial charge in [-0.1, -0.05) is 18.2 Å². The summed E-state index contributed by atoms with van der Waals surface area (Å²) in [6, 6.07) is 10.5. The average molecular weight is 281 g/mol. The zero-order chi connectivity index (χ0) is 14.6. The third kappa shape index (κ3) is 1.71. The quantitative estimate of drug-likeness (QED) is 0.585. The van der Waals surface area contributed by atoms with Crippen LogP contribution in [0.2, 0.25) is 0 Å². The summed E-state index contributed by atoms with van der Waals surface area (Å²) < 4.78 is 11.6. The fourth-order valence-corrected chi connectivity index (χ4v) is 2.76. The van der Waals surface area contributed by atoms with Crippen LogP contribution < -0.4 is 9.47 Å². The van der Waals surface area contributed by atoms with Gasteiger partial charge < -0.3 is 9.47 Å². The Morgan fingerprint density at radius 3 is 2.71 bits per heavy atom. The van der Waals surface area contributed by atoms with Crippen LogP contribution in [0.15, 0.2) is 36.4 Å². The molecule has 4 rings (SSSR count). The number of hydrogen-bond acceptors (Lipinski definition) is 4. The van der Waals surface area contributed by atoms with E-state index in [0.717, 1.165) is 16.7 Å². The molecule has 0 fully saturated rings. The van der Waals surface area contributed by atoms with Gasteiger partial charge in [0.1, 0.15) is 23.4 Å². The van der Waals surface area contributed by atoms with E-state index in [4.69, 9.17) is 9.47 Å². The number of nitrogens with zero attached hydrogens (tertiary/aromatic N) is 1. The number of para-hydroxylation sites is 1. The molecule has 0 aliphatic carbocycles. The van der Waals surface area contributed by atoms with E-state index in [-0.39, 0.29) is 11.8 Å². The van der Waals surface area contributed by atoms with E-state index in [1.807, 2.05) is 37.3 Å². The molecular formula is C16H11NO4. The molecule has 5 nitrogen and oxygen atoms in total. The largest absolute Gasteiger partial charge is 0.485 e. The molecule has 104 valence electrons. The topological polar surface area (TPSA) is 61.6 Å². The minimum Gasteiger partial charge on any atom is -0.485 e. The molecule has 2 heterocycles. The summed E-state index contributed by atoms with van der Waals surface area (Å²) in [7, 11) is 0. The van der Waals surface area contributed by atoms with Crippen molar-refractivity contribution in [2.75, 3.05) is 0 Å². The van der Waals surface area contributed by atoms with E-state index >= 15 is 0 Å². The van der Waals surface area contributed by atoms with Gasteiger partial charge in [0.05, 0.1) is 22.6 Å². The molecule has 1 atom stereocenters. The predicted octanol–water partition coefficient (Wildman–Crippen LogP) is 4.02. The van der Waals surface area contributed by atoms with E-state index in [2.05, 4.69) is 0 Å². The van der Waals surface area contributed by atoms with Crippen LogP contribution in [0, 0.1) is 10.1 Å². The summed E-state index contributed by atoms with van der Waals surface area (Å²) in [6.45, 7) is 1.93. The minimum atomic E-state index is -0.438. The van der Waals surface area contributed by atoms with Crippen molar-refractivity contribution >= 4 is 17.3 Å². The summed E-state index contributed by atoms with van der Waals surface area (Å²) in [5, 5.41) is 11.1. The molecule has 2 aliphatic rings. The Kier molecular flexibility index (Phi) is 2.33. The van der Waals surface area contributed by atoms with E-state index in [9.17, 15) is 10.1 Å². The lowest BCUT2D eigenvalue weighted by molar-refractivity contribution is -0.385. The molecule has 0 spiro atoms. The molecule has 0 N–H and O–H groups in total. The summed E-state index contributed by atoms with van der Waals surface area (Å²) in [4.78, 5) is 10.6. The molecule has 5 heteroatoms. The number of rotatable bonds is 1. The number of nitro groups is 1. The molecule has 0 amide bonds. The summed E-state index contributed by atoms with van der Waals surface area (Å²) in [5.74, 6) is 1.67. The van der Waals surface area contributed by atoms with Gasteiger partial charge in [-0.15, -0.1) is 0 Å². The Morgan fingerprint density at radius 1 is 1.14 bits per heavy atom. The number of ether oxygens (including phenoxy) is 2. The number of non-ortho nitro benzene ring substituents is 1. The molecular weight excluding hydrogens is 270 g/mol. The molecule has 0 unspecified atom stereocenters. The molecule has 2 aromatic rings. The number of benzene rings is 2. The van der Waals surface area contributed by atoms with Crippen molar-refractivity contribution < 1.29 is 14.4 Å². The highest BCUT2D eigenvalue weighted by molar-refractivity contribution is 5.94. The van der Waals surface area contributed by atoms with Crippen LogP contribution in [0.1, 0.15) is 18.1 Å². The first-order valence-electron chi connectivity index (χ1n) is 6.61. The number of hydrogen-bond donors (Lipinski definition) is 0. The molecule has 0 bridgehead atoms. The van der Waals surface area contributed by atoms with Gasteiger partial charge in [0.25, 0.3) is 5.69 Å². The zero-order valence-electron chi connectivity index (χ0n) is 11.2. The molecule has 0 saturated carbocycles. The standard InChI is InChI=1S/C16H11NO4/c1-9-12-6-10-4-2-3-5-13(10)21-15-8-11(17(18)19)7-14(20-9)16(12)15/h2-9H,1H3/t9-/m0/s1. The molecule has 0 radical (unpaired) electrons. The summed E-state index contributed by atoms with van der Waals surface area (Å²) in [5.41, 5.74) is 2.70. The Hall–Kier alpha value is -2.82. The molecule has 21 heavy (non-hydrogen) atoms. The molecule has 2 aliphatic heterocycles. The van der Waals surface area contributed by atoms with Gasteiger partial charge in [-0.05, 0) is 19.1 Å². The van der Waals surface area contributed by atoms with Crippen molar-refractivity contribution in [1.29, 1.82) is 0 Å². The first-order chi connectivity index (χ1) is 10.1. The summed E-state index contributed by atoms with van der Waals surface area (Å²) >= 11 is 0. The highest BCUT2D eigenvalue weighted by Gasteiger charge is 2.33. The lowest BCUT2D eigenvalue weighted by atomic mass is 10.00. The van der Waals surface area contributed by atoms with Crippen molar-refractivity contribution in [3.05, 3.63) is 57.6 Å². The lowest BCUT2D eigenvalue weighted by Gasteiger charge is -2.09. The van der Waals surface area contributed by atoms with E-state index in [0.29, 0.717) is 17.2 Å². The van der Waals surface area contributed by atoms with Gasteiger partial charge in [0.2, 0.25) is 0 Å². The first kappa shape index (κ1) is 12.0. The Bertz CT molecular complexity index is 810. The van der Waals surface area contributed by atoms with Crippen LogP contribution in [0.25, 0.3) is 11.6 Å². The van der Waals surface area contributed by atoms with Crippen molar-refractivity contribution in [3.63, 3.8) is 0 Å².